The lowest BCUT2D eigenvalue weighted by Crippen LogP contribution is -2.24. The zero-order valence-electron chi connectivity index (χ0n) is 12.6. The van der Waals surface area contributed by atoms with Crippen LogP contribution in [0.4, 0.5) is 0 Å². The number of amides is 1. The fraction of sp³-hybridized carbons (Fsp3) is 0.438. The third kappa shape index (κ3) is 4.53. The Hall–Kier alpha value is -1.92. The molecule has 1 aliphatic heterocycles. The second kappa shape index (κ2) is 7.57. The molecule has 1 aromatic heterocycles. The molecule has 1 fully saturated rings. The normalized spacial score (nSPS) is 17.3. The molecular formula is C16H18ClN3O3. The van der Waals surface area contributed by atoms with E-state index >= 15 is 0 Å². The van der Waals surface area contributed by atoms with Crippen LogP contribution in [-0.2, 0) is 16.1 Å². The monoisotopic (exact) mass is 335 g/mol. The number of hydrogen-bond acceptors (Lipinski definition) is 5. The molecule has 1 atom stereocenters. The molecule has 23 heavy (non-hydrogen) atoms. The van der Waals surface area contributed by atoms with Crippen LogP contribution in [0.5, 0.6) is 0 Å². The van der Waals surface area contributed by atoms with Gasteiger partial charge in [0.05, 0.1) is 12.6 Å². The highest BCUT2D eigenvalue weighted by Gasteiger charge is 2.17. The molecule has 3 rings (SSSR count). The number of carbonyl (C=O) groups is 1. The van der Waals surface area contributed by atoms with E-state index in [2.05, 4.69) is 15.5 Å². The maximum atomic E-state index is 11.8. The van der Waals surface area contributed by atoms with Crippen LogP contribution < -0.4 is 5.32 Å². The Morgan fingerprint density at radius 3 is 3.13 bits per heavy atom. The predicted molar refractivity (Wildman–Crippen MR) is 84.8 cm³/mol. The lowest BCUT2D eigenvalue weighted by molar-refractivity contribution is -0.122. The number of hydrogen-bond donors (Lipinski definition) is 1. The highest BCUT2D eigenvalue weighted by Crippen LogP contribution is 2.20. The quantitative estimate of drug-likeness (QED) is 0.878. The van der Waals surface area contributed by atoms with E-state index in [0.29, 0.717) is 23.2 Å². The summed E-state index contributed by atoms with van der Waals surface area (Å²) in [6.45, 7) is 1.03. The molecule has 1 saturated heterocycles. The second-order valence-electron chi connectivity index (χ2n) is 5.47. The van der Waals surface area contributed by atoms with Crippen molar-refractivity contribution >= 4 is 17.5 Å². The van der Waals surface area contributed by atoms with E-state index in [1.54, 1.807) is 12.1 Å². The van der Waals surface area contributed by atoms with Gasteiger partial charge in [0.1, 0.15) is 0 Å². The van der Waals surface area contributed by atoms with E-state index in [-0.39, 0.29) is 18.6 Å². The Kier molecular flexibility index (Phi) is 5.25. The van der Waals surface area contributed by atoms with Crippen molar-refractivity contribution in [2.24, 2.45) is 0 Å². The molecule has 0 bridgehead atoms. The van der Waals surface area contributed by atoms with Gasteiger partial charge < -0.3 is 14.6 Å². The Morgan fingerprint density at radius 2 is 2.35 bits per heavy atom. The Bertz CT molecular complexity index is 668. The van der Waals surface area contributed by atoms with E-state index in [0.717, 1.165) is 31.4 Å². The second-order valence-corrected chi connectivity index (χ2v) is 5.91. The summed E-state index contributed by atoms with van der Waals surface area (Å²) >= 11 is 5.94. The first-order valence-electron chi connectivity index (χ1n) is 7.67. The van der Waals surface area contributed by atoms with Crippen molar-refractivity contribution in [3.8, 4) is 11.4 Å². The number of carbonyl (C=O) groups excluding carboxylic acids is 1. The maximum absolute atomic E-state index is 11.8. The summed E-state index contributed by atoms with van der Waals surface area (Å²) in [5.41, 5.74) is 0.775. The fourth-order valence-electron chi connectivity index (χ4n) is 2.50. The zero-order valence-corrected chi connectivity index (χ0v) is 13.4. The molecule has 6 nitrogen and oxygen atoms in total. The number of ether oxygens (including phenoxy) is 1. The molecule has 1 amide bonds. The number of nitrogens with zero attached hydrogens (tertiary/aromatic N) is 2. The van der Waals surface area contributed by atoms with Crippen LogP contribution in [0.15, 0.2) is 28.8 Å². The van der Waals surface area contributed by atoms with Crippen molar-refractivity contribution in [1.29, 1.82) is 0 Å². The predicted octanol–water partition coefficient (Wildman–Crippen LogP) is 2.97. The van der Waals surface area contributed by atoms with Gasteiger partial charge in [0.15, 0.2) is 0 Å². The molecule has 0 spiro atoms. The summed E-state index contributed by atoms with van der Waals surface area (Å²) in [6, 6.07) is 7.21. The first kappa shape index (κ1) is 16.0. The summed E-state index contributed by atoms with van der Waals surface area (Å²) in [5.74, 6) is 0.782. The van der Waals surface area contributed by atoms with Gasteiger partial charge in [-0.3, -0.25) is 4.79 Å². The van der Waals surface area contributed by atoms with Crippen molar-refractivity contribution in [1.82, 2.24) is 15.5 Å². The van der Waals surface area contributed by atoms with Gasteiger partial charge in [0, 0.05) is 23.6 Å². The fourth-order valence-corrected chi connectivity index (χ4v) is 2.69. The SMILES string of the molecule is O=C(CCC1CCCO1)NCc1nc(-c2cccc(Cl)c2)no1. The highest BCUT2D eigenvalue weighted by atomic mass is 35.5. The van der Waals surface area contributed by atoms with Gasteiger partial charge in [-0.25, -0.2) is 0 Å². The number of aromatic nitrogens is 2. The van der Waals surface area contributed by atoms with Crippen LogP contribution in [0.1, 0.15) is 31.6 Å². The number of halogens is 1. The number of benzene rings is 1. The van der Waals surface area contributed by atoms with Gasteiger partial charge in [0.25, 0.3) is 0 Å². The molecule has 2 aromatic rings. The summed E-state index contributed by atoms with van der Waals surface area (Å²) in [6.07, 6.45) is 3.54. The van der Waals surface area contributed by atoms with Crippen LogP contribution in [-0.4, -0.2) is 28.8 Å². The van der Waals surface area contributed by atoms with E-state index < -0.39 is 0 Å². The molecule has 122 valence electrons. The van der Waals surface area contributed by atoms with Crippen LogP contribution >= 0.6 is 11.6 Å². The minimum atomic E-state index is -0.0389. The highest BCUT2D eigenvalue weighted by molar-refractivity contribution is 6.30. The van der Waals surface area contributed by atoms with Crippen molar-refractivity contribution < 1.29 is 14.1 Å². The largest absolute Gasteiger partial charge is 0.378 e. The third-order valence-electron chi connectivity index (χ3n) is 3.71. The molecule has 0 radical (unpaired) electrons. The molecule has 1 aromatic carbocycles. The summed E-state index contributed by atoms with van der Waals surface area (Å²) < 4.78 is 10.6. The van der Waals surface area contributed by atoms with Gasteiger partial charge in [-0.2, -0.15) is 4.98 Å². The Morgan fingerprint density at radius 1 is 1.43 bits per heavy atom. The first-order valence-corrected chi connectivity index (χ1v) is 8.05. The van der Waals surface area contributed by atoms with Crippen LogP contribution in [0.25, 0.3) is 11.4 Å². The standard InChI is InChI=1S/C16H18ClN3O3/c17-12-4-1-3-11(9-12)16-19-15(23-20-16)10-18-14(21)7-6-13-5-2-8-22-13/h1,3-4,9,13H,2,5-8,10H2,(H,18,21). The lowest BCUT2D eigenvalue weighted by atomic mass is 10.1. The first-order chi connectivity index (χ1) is 11.2. The van der Waals surface area contributed by atoms with Gasteiger partial charge in [-0.15, -0.1) is 0 Å². The molecule has 2 heterocycles. The molecule has 1 aliphatic rings. The van der Waals surface area contributed by atoms with Gasteiger partial charge >= 0.3 is 0 Å². The minimum absolute atomic E-state index is 0.0389. The molecule has 7 heteroatoms. The smallest absolute Gasteiger partial charge is 0.246 e. The van der Waals surface area contributed by atoms with E-state index in [1.165, 1.54) is 0 Å². The van der Waals surface area contributed by atoms with Gasteiger partial charge in [-0.05, 0) is 31.4 Å². The summed E-state index contributed by atoms with van der Waals surface area (Å²) in [7, 11) is 0. The van der Waals surface area contributed by atoms with Gasteiger partial charge in [0.2, 0.25) is 17.6 Å². The molecule has 1 N–H and O–H groups in total. The maximum Gasteiger partial charge on any atom is 0.246 e. The summed E-state index contributed by atoms with van der Waals surface area (Å²) in [5, 5.41) is 7.29. The molecule has 0 saturated carbocycles. The summed E-state index contributed by atoms with van der Waals surface area (Å²) in [4.78, 5) is 16.1. The number of rotatable bonds is 6. The lowest BCUT2D eigenvalue weighted by Gasteiger charge is -2.08. The third-order valence-corrected chi connectivity index (χ3v) is 3.94. The molecule has 1 unspecified atom stereocenters. The van der Waals surface area contributed by atoms with E-state index in [9.17, 15) is 4.79 Å². The minimum Gasteiger partial charge on any atom is -0.378 e. The average molecular weight is 336 g/mol. The van der Waals surface area contributed by atoms with Crippen molar-refractivity contribution in [2.45, 2.75) is 38.3 Å². The van der Waals surface area contributed by atoms with Crippen molar-refractivity contribution in [3.05, 3.63) is 35.2 Å². The average Bonchev–Trinajstić information content (AvgIpc) is 3.22. The number of nitrogens with one attached hydrogen (secondary N) is 1. The van der Waals surface area contributed by atoms with Crippen LogP contribution in [0, 0.1) is 0 Å². The van der Waals surface area contributed by atoms with E-state index in [4.69, 9.17) is 20.9 Å². The van der Waals surface area contributed by atoms with Crippen LogP contribution in [0.2, 0.25) is 5.02 Å². The zero-order chi connectivity index (χ0) is 16.1. The van der Waals surface area contributed by atoms with Crippen LogP contribution in [0.3, 0.4) is 0 Å². The topological polar surface area (TPSA) is 77.2 Å². The Labute approximate surface area is 139 Å². The van der Waals surface area contributed by atoms with Crippen molar-refractivity contribution in [2.75, 3.05) is 6.61 Å². The van der Waals surface area contributed by atoms with Crippen molar-refractivity contribution in [3.63, 3.8) is 0 Å². The molecular weight excluding hydrogens is 318 g/mol. The Balaban J connectivity index is 1.48. The van der Waals surface area contributed by atoms with E-state index in [1.807, 2.05) is 12.1 Å². The van der Waals surface area contributed by atoms with Gasteiger partial charge in [-0.1, -0.05) is 28.9 Å². The molecule has 0 aliphatic carbocycles.